The predicted molar refractivity (Wildman–Crippen MR) is 197 cm³/mol. The molecular formula is C43H26N4O. The van der Waals surface area contributed by atoms with Crippen LogP contribution in [0.25, 0.3) is 93.8 Å². The fourth-order valence-electron chi connectivity index (χ4n) is 7.92. The highest BCUT2D eigenvalue weighted by Crippen LogP contribution is 2.42. The lowest BCUT2D eigenvalue weighted by molar-refractivity contribution is 0.663. The summed E-state index contributed by atoms with van der Waals surface area (Å²) in [6, 6.07) is 53.8. The molecule has 0 aliphatic carbocycles. The van der Waals surface area contributed by atoms with Crippen molar-refractivity contribution in [2.24, 2.45) is 0 Å². The highest BCUT2D eigenvalue weighted by atomic mass is 16.3. The van der Waals surface area contributed by atoms with Gasteiger partial charge in [-0.05, 0) is 60.7 Å². The van der Waals surface area contributed by atoms with E-state index in [2.05, 4.69) is 165 Å². The number of rotatable bonds is 3. The van der Waals surface area contributed by atoms with Gasteiger partial charge < -0.3 is 4.42 Å². The summed E-state index contributed by atoms with van der Waals surface area (Å²) < 4.78 is 13.7. The summed E-state index contributed by atoms with van der Waals surface area (Å²) in [6.07, 6.45) is 1.90. The van der Waals surface area contributed by atoms with E-state index in [0.717, 1.165) is 61.3 Å². The smallest absolute Gasteiger partial charge is 0.181 e. The molecule has 48 heavy (non-hydrogen) atoms. The molecule has 0 atom stereocenters. The third-order valence-electron chi connectivity index (χ3n) is 9.89. The first kappa shape index (κ1) is 25.6. The molecule has 5 heteroatoms. The minimum atomic E-state index is 0.775. The standard InChI is InChI=1S/C43H26N4O/c1-2-12-27(13-3-1)45-37-20-10-6-16-32(37)40-33-17-7-11-21-38(33)46(43(40)45)28-22-23-39-34(26-28)31-24-25-44-42(41(31)48-39)47-35-18-8-4-14-29(35)30-15-5-9-19-36(30)47/h1-26H. The van der Waals surface area contributed by atoms with Gasteiger partial charge in [0.1, 0.15) is 11.2 Å². The van der Waals surface area contributed by atoms with E-state index in [9.17, 15) is 0 Å². The van der Waals surface area contributed by atoms with Crippen LogP contribution in [0.15, 0.2) is 162 Å². The Morgan fingerprint density at radius 3 is 1.60 bits per heavy atom. The number of benzene rings is 6. The molecule has 0 fully saturated rings. The summed E-state index contributed by atoms with van der Waals surface area (Å²) in [5.41, 5.74) is 9.52. The van der Waals surface area contributed by atoms with E-state index in [4.69, 9.17) is 9.40 Å². The van der Waals surface area contributed by atoms with Crippen LogP contribution < -0.4 is 0 Å². The van der Waals surface area contributed by atoms with Gasteiger partial charge in [-0.15, -0.1) is 0 Å². The molecule has 11 rings (SSSR count). The lowest BCUT2D eigenvalue weighted by Crippen LogP contribution is -2.01. The Labute approximate surface area is 274 Å². The molecular weight excluding hydrogens is 589 g/mol. The summed E-state index contributed by atoms with van der Waals surface area (Å²) in [4.78, 5) is 4.93. The topological polar surface area (TPSA) is 40.8 Å². The van der Waals surface area contributed by atoms with Crippen LogP contribution in [-0.2, 0) is 0 Å². The minimum Gasteiger partial charge on any atom is -0.452 e. The maximum Gasteiger partial charge on any atom is 0.181 e. The first-order valence-corrected chi connectivity index (χ1v) is 16.2. The molecule has 0 bridgehead atoms. The SMILES string of the molecule is c1ccc(-n2c3ccccc3c3c4ccccc4n(-c4ccc5oc6c(-n7c8ccccc8c8ccccc87)nccc6c5c4)c32)cc1. The zero-order chi connectivity index (χ0) is 31.3. The third-order valence-corrected chi connectivity index (χ3v) is 9.89. The van der Waals surface area contributed by atoms with Crippen LogP contribution in [-0.4, -0.2) is 18.7 Å². The molecule has 5 heterocycles. The molecule has 0 aliphatic heterocycles. The quantitative estimate of drug-likeness (QED) is 0.199. The molecule has 11 aromatic rings. The van der Waals surface area contributed by atoms with Crippen LogP contribution in [0.4, 0.5) is 0 Å². The van der Waals surface area contributed by atoms with Gasteiger partial charge in [0.2, 0.25) is 0 Å². The molecule has 0 unspecified atom stereocenters. The van der Waals surface area contributed by atoms with Crippen molar-refractivity contribution in [2.75, 3.05) is 0 Å². The normalized spacial score (nSPS) is 12.2. The Bertz CT molecular complexity index is 3010. The maximum atomic E-state index is 6.70. The van der Waals surface area contributed by atoms with Gasteiger partial charge in [-0.2, -0.15) is 0 Å². The molecule has 0 saturated heterocycles. The second kappa shape index (κ2) is 9.47. The van der Waals surface area contributed by atoms with Gasteiger partial charge in [-0.1, -0.05) is 91.0 Å². The first-order chi connectivity index (χ1) is 23.8. The molecule has 5 aromatic heterocycles. The van der Waals surface area contributed by atoms with Gasteiger partial charge in [-0.3, -0.25) is 13.7 Å². The Balaban J connectivity index is 1.22. The summed E-state index contributed by atoms with van der Waals surface area (Å²) in [5.74, 6) is 0.792. The fourth-order valence-corrected chi connectivity index (χ4v) is 7.92. The number of fused-ring (bicyclic) bond motifs is 11. The molecule has 0 saturated carbocycles. The van der Waals surface area contributed by atoms with Crippen molar-refractivity contribution in [3.8, 4) is 17.2 Å². The lowest BCUT2D eigenvalue weighted by Gasteiger charge is -2.13. The molecule has 5 nitrogen and oxygen atoms in total. The number of hydrogen-bond acceptors (Lipinski definition) is 2. The average molecular weight is 615 g/mol. The number of aromatic nitrogens is 4. The van der Waals surface area contributed by atoms with Crippen molar-refractivity contribution in [3.63, 3.8) is 0 Å². The largest absolute Gasteiger partial charge is 0.452 e. The Kier molecular flexibility index (Phi) is 5.05. The highest BCUT2D eigenvalue weighted by Gasteiger charge is 2.23. The molecule has 6 aromatic carbocycles. The molecule has 0 amide bonds. The van der Waals surface area contributed by atoms with Crippen molar-refractivity contribution >= 4 is 76.6 Å². The van der Waals surface area contributed by atoms with Crippen LogP contribution in [0, 0.1) is 0 Å². The van der Waals surface area contributed by atoms with Gasteiger partial charge in [0, 0.05) is 55.3 Å². The summed E-state index contributed by atoms with van der Waals surface area (Å²) >= 11 is 0. The molecule has 0 radical (unpaired) electrons. The van der Waals surface area contributed by atoms with Crippen molar-refractivity contribution in [1.82, 2.24) is 18.7 Å². The Morgan fingerprint density at radius 1 is 0.417 bits per heavy atom. The monoisotopic (exact) mass is 614 g/mol. The van der Waals surface area contributed by atoms with Crippen LogP contribution in [0.5, 0.6) is 0 Å². The molecule has 224 valence electrons. The number of para-hydroxylation sites is 5. The van der Waals surface area contributed by atoms with Crippen molar-refractivity contribution in [1.29, 1.82) is 0 Å². The van der Waals surface area contributed by atoms with E-state index >= 15 is 0 Å². The summed E-state index contributed by atoms with van der Waals surface area (Å²) in [6.45, 7) is 0. The van der Waals surface area contributed by atoms with Gasteiger partial charge >= 0.3 is 0 Å². The maximum absolute atomic E-state index is 6.70. The van der Waals surface area contributed by atoms with Crippen LogP contribution in [0.1, 0.15) is 0 Å². The number of nitrogens with zero attached hydrogens (tertiary/aromatic N) is 4. The van der Waals surface area contributed by atoms with Crippen LogP contribution >= 0.6 is 0 Å². The Hall–Kier alpha value is -6.59. The van der Waals surface area contributed by atoms with Gasteiger partial charge in [0.05, 0.1) is 22.1 Å². The van der Waals surface area contributed by atoms with Crippen molar-refractivity contribution in [2.45, 2.75) is 0 Å². The number of hydrogen-bond donors (Lipinski definition) is 0. The molecule has 0 N–H and O–H groups in total. The van der Waals surface area contributed by atoms with E-state index < -0.39 is 0 Å². The van der Waals surface area contributed by atoms with E-state index in [-0.39, 0.29) is 0 Å². The van der Waals surface area contributed by atoms with E-state index in [1.807, 2.05) is 6.20 Å². The number of furan rings is 1. The fraction of sp³-hybridized carbons (Fsp3) is 0. The van der Waals surface area contributed by atoms with Crippen molar-refractivity contribution in [3.05, 3.63) is 158 Å². The summed E-state index contributed by atoms with van der Waals surface area (Å²) in [7, 11) is 0. The number of pyridine rings is 1. The van der Waals surface area contributed by atoms with E-state index in [1.54, 1.807) is 0 Å². The van der Waals surface area contributed by atoms with E-state index in [1.165, 1.54) is 32.4 Å². The molecule has 0 spiro atoms. The summed E-state index contributed by atoms with van der Waals surface area (Å²) in [5, 5.41) is 8.21. The van der Waals surface area contributed by atoms with Gasteiger partial charge in [0.15, 0.2) is 11.4 Å². The van der Waals surface area contributed by atoms with Crippen LogP contribution in [0.3, 0.4) is 0 Å². The lowest BCUT2D eigenvalue weighted by atomic mass is 10.1. The molecule has 0 aliphatic rings. The second-order valence-corrected chi connectivity index (χ2v) is 12.4. The van der Waals surface area contributed by atoms with E-state index in [0.29, 0.717) is 0 Å². The zero-order valence-electron chi connectivity index (χ0n) is 25.7. The highest BCUT2D eigenvalue weighted by molar-refractivity contribution is 6.22. The van der Waals surface area contributed by atoms with Gasteiger partial charge in [-0.25, -0.2) is 4.98 Å². The Morgan fingerprint density at radius 2 is 0.958 bits per heavy atom. The van der Waals surface area contributed by atoms with Gasteiger partial charge in [0.25, 0.3) is 0 Å². The van der Waals surface area contributed by atoms with Crippen LogP contribution in [0.2, 0.25) is 0 Å². The zero-order valence-corrected chi connectivity index (χ0v) is 25.7. The second-order valence-electron chi connectivity index (χ2n) is 12.4. The third kappa shape index (κ3) is 3.32. The first-order valence-electron chi connectivity index (χ1n) is 16.2. The average Bonchev–Trinajstić information content (AvgIpc) is 3.88. The predicted octanol–water partition coefficient (Wildman–Crippen LogP) is 11.1. The minimum absolute atomic E-state index is 0.775. The van der Waals surface area contributed by atoms with Crippen molar-refractivity contribution < 1.29 is 4.42 Å².